The van der Waals surface area contributed by atoms with Crippen LogP contribution < -0.4 is 24.0 Å². The van der Waals surface area contributed by atoms with Crippen molar-refractivity contribution >= 4 is 0 Å². The van der Waals surface area contributed by atoms with Crippen molar-refractivity contribution in [3.05, 3.63) is 71.8 Å². The van der Waals surface area contributed by atoms with Gasteiger partial charge < -0.3 is 5.11 Å². The zero-order valence-electron chi connectivity index (χ0n) is 10.2. The van der Waals surface area contributed by atoms with Crippen LogP contribution in [0.4, 0.5) is 0 Å². The number of hydrogen-bond donors (Lipinski definition) is 0. The molecule has 0 unspecified atom stereocenters. The van der Waals surface area contributed by atoms with E-state index in [1.807, 2.05) is 60.7 Å². The Morgan fingerprint density at radius 3 is 1.41 bits per heavy atom. The molecule has 2 aromatic carbocycles. The van der Waals surface area contributed by atoms with Gasteiger partial charge in [0.05, 0.1) is 0 Å². The molecule has 2 rings (SSSR count). The molecule has 0 fully saturated rings. The van der Waals surface area contributed by atoms with Crippen LogP contribution in [-0.2, 0) is 12.8 Å². The predicted molar refractivity (Wildman–Crippen MR) is 64.1 cm³/mol. The first-order valence-corrected chi connectivity index (χ1v) is 5.58. The molecule has 82 valence electrons. The van der Waals surface area contributed by atoms with Crippen LogP contribution in [0.15, 0.2) is 60.7 Å². The number of rotatable bonds is 4. The van der Waals surface area contributed by atoms with E-state index in [-0.39, 0.29) is 18.9 Å². The van der Waals surface area contributed by atoms with Gasteiger partial charge in [-0.2, -0.15) is 0 Å². The van der Waals surface area contributed by atoms with E-state index in [1.54, 1.807) is 0 Å². The fourth-order valence-electron chi connectivity index (χ4n) is 1.83. The quantitative estimate of drug-likeness (QED) is 0.616. The first-order valence-electron chi connectivity index (χ1n) is 5.58. The molecule has 0 N–H and O–H groups in total. The van der Waals surface area contributed by atoms with Crippen LogP contribution >= 0.6 is 0 Å². The Morgan fingerprint density at radius 2 is 1.06 bits per heavy atom. The summed E-state index contributed by atoms with van der Waals surface area (Å²) in [7, 11) is 0. The Morgan fingerprint density at radius 1 is 0.706 bits per heavy atom. The van der Waals surface area contributed by atoms with Crippen LogP contribution in [0.5, 0.6) is 0 Å². The summed E-state index contributed by atoms with van der Waals surface area (Å²) in [5.41, 5.74) is 2.25. The maximum absolute atomic E-state index is 11.9. The average molecular weight is 218 g/mol. The summed E-state index contributed by atoms with van der Waals surface area (Å²) in [6.45, 7) is 0. The fraction of sp³-hybridized carbons (Fsp3) is 0.200. The van der Waals surface area contributed by atoms with Gasteiger partial charge in [0.2, 0.25) is 0 Å². The standard InChI is InChI=1S/C15H15O.Li/c16-15(11-13-7-3-1-4-8-13)12-14-9-5-2-6-10-14;/h1-10,15H,11-12H2;/q-1;+1. The summed E-state index contributed by atoms with van der Waals surface area (Å²) >= 11 is 0. The van der Waals surface area contributed by atoms with Crippen molar-refractivity contribution in [1.29, 1.82) is 0 Å². The number of hydrogen-bond acceptors (Lipinski definition) is 1. The van der Waals surface area contributed by atoms with Gasteiger partial charge in [-0.15, -0.1) is 6.10 Å². The topological polar surface area (TPSA) is 23.1 Å². The molecule has 0 radical (unpaired) electrons. The van der Waals surface area contributed by atoms with Gasteiger partial charge in [-0.05, 0) is 24.0 Å². The zero-order valence-corrected chi connectivity index (χ0v) is 10.2. The normalized spacial score (nSPS) is 10.0. The summed E-state index contributed by atoms with van der Waals surface area (Å²) < 4.78 is 0. The van der Waals surface area contributed by atoms with Gasteiger partial charge in [-0.3, -0.25) is 0 Å². The van der Waals surface area contributed by atoms with Crippen molar-refractivity contribution in [2.24, 2.45) is 0 Å². The third-order valence-electron chi connectivity index (χ3n) is 2.61. The molecule has 2 aromatic rings. The minimum atomic E-state index is -0.551. The van der Waals surface area contributed by atoms with E-state index in [1.165, 1.54) is 0 Å². The summed E-state index contributed by atoms with van der Waals surface area (Å²) in [5, 5.41) is 11.9. The Balaban J connectivity index is 0.00000144. The minimum absolute atomic E-state index is 0. The molecular formula is C15H15LiO. The molecule has 0 aliphatic heterocycles. The Hall–Kier alpha value is -1.00. The van der Waals surface area contributed by atoms with Crippen molar-refractivity contribution in [3.8, 4) is 0 Å². The largest absolute Gasteiger partial charge is 1.00 e. The maximum atomic E-state index is 11.9. The molecule has 0 aliphatic rings. The molecule has 0 saturated heterocycles. The summed E-state index contributed by atoms with van der Waals surface area (Å²) in [4.78, 5) is 0. The van der Waals surface area contributed by atoms with E-state index in [4.69, 9.17) is 0 Å². The summed E-state index contributed by atoms with van der Waals surface area (Å²) in [5.74, 6) is 0. The van der Waals surface area contributed by atoms with Gasteiger partial charge in [0.1, 0.15) is 0 Å². The molecule has 1 nitrogen and oxygen atoms in total. The third-order valence-corrected chi connectivity index (χ3v) is 2.61. The van der Waals surface area contributed by atoms with Gasteiger partial charge in [-0.25, -0.2) is 0 Å². The van der Waals surface area contributed by atoms with Crippen molar-refractivity contribution in [3.63, 3.8) is 0 Å². The fourth-order valence-corrected chi connectivity index (χ4v) is 1.83. The predicted octanol–water partition coefficient (Wildman–Crippen LogP) is -0.795. The second-order valence-electron chi connectivity index (χ2n) is 4.00. The van der Waals surface area contributed by atoms with Crippen LogP contribution in [0.1, 0.15) is 11.1 Å². The van der Waals surface area contributed by atoms with Gasteiger partial charge in [0.15, 0.2) is 0 Å². The molecule has 0 atom stereocenters. The van der Waals surface area contributed by atoms with Crippen LogP contribution in [-0.4, -0.2) is 6.10 Å². The summed E-state index contributed by atoms with van der Waals surface area (Å²) in [6.07, 6.45) is 0.663. The van der Waals surface area contributed by atoms with E-state index >= 15 is 0 Å². The second-order valence-corrected chi connectivity index (χ2v) is 4.00. The van der Waals surface area contributed by atoms with Crippen LogP contribution in [0.3, 0.4) is 0 Å². The maximum Gasteiger partial charge on any atom is 1.00 e. The zero-order chi connectivity index (χ0) is 11.2. The molecule has 0 bridgehead atoms. The summed E-state index contributed by atoms with van der Waals surface area (Å²) in [6, 6.07) is 19.9. The molecule has 17 heavy (non-hydrogen) atoms. The SMILES string of the molecule is [Li+].[O-]C(Cc1ccccc1)Cc1ccccc1. The van der Waals surface area contributed by atoms with E-state index in [0.29, 0.717) is 12.8 Å². The monoisotopic (exact) mass is 218 g/mol. The average Bonchev–Trinajstić information content (AvgIpc) is 2.31. The van der Waals surface area contributed by atoms with Crippen molar-refractivity contribution in [1.82, 2.24) is 0 Å². The smallest absolute Gasteiger partial charge is 0.851 e. The first-order chi connectivity index (χ1) is 7.84. The molecule has 0 amide bonds. The molecule has 0 saturated carbocycles. The Bertz CT molecular complexity index is 372. The van der Waals surface area contributed by atoms with Crippen LogP contribution in [0.2, 0.25) is 0 Å². The van der Waals surface area contributed by atoms with E-state index in [0.717, 1.165) is 11.1 Å². The molecular weight excluding hydrogens is 203 g/mol. The number of benzene rings is 2. The van der Waals surface area contributed by atoms with Gasteiger partial charge in [0, 0.05) is 0 Å². The van der Waals surface area contributed by atoms with Crippen LogP contribution in [0, 0.1) is 0 Å². The van der Waals surface area contributed by atoms with E-state index in [9.17, 15) is 5.11 Å². The minimum Gasteiger partial charge on any atom is -0.851 e. The Labute approximate surface area is 115 Å². The van der Waals surface area contributed by atoms with E-state index < -0.39 is 6.10 Å². The molecule has 0 aromatic heterocycles. The van der Waals surface area contributed by atoms with Crippen molar-refractivity contribution in [2.75, 3.05) is 0 Å². The van der Waals surface area contributed by atoms with E-state index in [2.05, 4.69) is 0 Å². The Kier molecular flexibility index (Phi) is 6.08. The second kappa shape index (κ2) is 7.35. The first kappa shape index (κ1) is 14.1. The van der Waals surface area contributed by atoms with Crippen LogP contribution in [0.25, 0.3) is 0 Å². The van der Waals surface area contributed by atoms with Crippen molar-refractivity contribution in [2.45, 2.75) is 18.9 Å². The van der Waals surface area contributed by atoms with Crippen molar-refractivity contribution < 1.29 is 24.0 Å². The molecule has 2 heteroatoms. The molecule has 0 spiro atoms. The van der Waals surface area contributed by atoms with Gasteiger partial charge in [0.25, 0.3) is 0 Å². The van der Waals surface area contributed by atoms with Gasteiger partial charge in [-0.1, -0.05) is 60.7 Å². The molecule has 0 aliphatic carbocycles. The third kappa shape index (κ3) is 4.79. The molecule has 0 heterocycles. The van der Waals surface area contributed by atoms with Gasteiger partial charge >= 0.3 is 18.9 Å².